The molecule has 0 aliphatic heterocycles. The van der Waals surface area contributed by atoms with Gasteiger partial charge < -0.3 is 14.8 Å². The summed E-state index contributed by atoms with van der Waals surface area (Å²) in [5, 5.41) is 11.6. The second-order valence-corrected chi connectivity index (χ2v) is 5.13. The average Bonchev–Trinajstić information content (AvgIpc) is 2.92. The molecule has 2 rings (SSSR count). The maximum atomic E-state index is 5.30. The first-order valence-electron chi connectivity index (χ1n) is 6.95. The highest BCUT2D eigenvalue weighted by atomic mass is 16.5. The summed E-state index contributed by atoms with van der Waals surface area (Å²) in [4.78, 5) is 0. The number of rotatable bonds is 7. The molecular formula is C15H22N4O2. The molecule has 0 saturated heterocycles. The predicted octanol–water partition coefficient (Wildman–Crippen LogP) is 1.84. The molecule has 6 nitrogen and oxygen atoms in total. The first kappa shape index (κ1) is 15.3. The van der Waals surface area contributed by atoms with Gasteiger partial charge in [0.2, 0.25) is 0 Å². The van der Waals surface area contributed by atoms with E-state index in [1.807, 2.05) is 29.1 Å². The second-order valence-electron chi connectivity index (χ2n) is 5.13. The molecule has 6 heteroatoms. The molecule has 0 aliphatic rings. The first-order valence-corrected chi connectivity index (χ1v) is 6.95. The first-order chi connectivity index (χ1) is 10.1. The molecule has 0 atom stereocenters. The largest absolute Gasteiger partial charge is 0.493 e. The van der Waals surface area contributed by atoms with Crippen molar-refractivity contribution >= 4 is 0 Å². The standard InChI is InChI=1S/C15H22N4O2/c1-11(2)16-8-13-10-19(18-17-13)9-12-5-6-14(20-3)15(7-12)21-4/h5-7,10-11,16H,8-9H2,1-4H3. The Morgan fingerprint density at radius 1 is 1.19 bits per heavy atom. The maximum absolute atomic E-state index is 5.30. The van der Waals surface area contributed by atoms with Gasteiger partial charge in [-0.1, -0.05) is 25.1 Å². The molecule has 2 aromatic rings. The van der Waals surface area contributed by atoms with Crippen LogP contribution in [0.3, 0.4) is 0 Å². The fourth-order valence-electron chi connectivity index (χ4n) is 1.97. The van der Waals surface area contributed by atoms with Crippen molar-refractivity contribution < 1.29 is 9.47 Å². The molecule has 1 heterocycles. The van der Waals surface area contributed by atoms with Crippen molar-refractivity contribution in [2.24, 2.45) is 0 Å². The molecule has 1 aromatic heterocycles. The van der Waals surface area contributed by atoms with Crippen molar-refractivity contribution in [1.29, 1.82) is 0 Å². The fourth-order valence-corrected chi connectivity index (χ4v) is 1.97. The van der Waals surface area contributed by atoms with Gasteiger partial charge in [-0.2, -0.15) is 0 Å². The lowest BCUT2D eigenvalue weighted by molar-refractivity contribution is 0.354. The number of nitrogens with one attached hydrogen (secondary N) is 1. The second kappa shape index (κ2) is 7.08. The minimum absolute atomic E-state index is 0.431. The van der Waals surface area contributed by atoms with Crippen molar-refractivity contribution in [2.45, 2.75) is 33.0 Å². The van der Waals surface area contributed by atoms with E-state index in [1.54, 1.807) is 14.2 Å². The average molecular weight is 290 g/mol. The summed E-state index contributed by atoms with van der Waals surface area (Å²) in [6, 6.07) is 6.27. The Labute approximate surface area is 125 Å². The van der Waals surface area contributed by atoms with Gasteiger partial charge in [-0.3, -0.25) is 0 Å². The number of nitrogens with zero attached hydrogens (tertiary/aromatic N) is 3. The van der Waals surface area contributed by atoms with Gasteiger partial charge in [-0.15, -0.1) is 5.10 Å². The van der Waals surface area contributed by atoms with Gasteiger partial charge >= 0.3 is 0 Å². The van der Waals surface area contributed by atoms with Gasteiger partial charge in [0.25, 0.3) is 0 Å². The molecule has 0 bridgehead atoms. The molecule has 0 unspecified atom stereocenters. The van der Waals surface area contributed by atoms with Crippen molar-refractivity contribution in [3.8, 4) is 11.5 Å². The molecule has 0 amide bonds. The number of hydrogen-bond acceptors (Lipinski definition) is 5. The van der Waals surface area contributed by atoms with E-state index < -0.39 is 0 Å². The van der Waals surface area contributed by atoms with Gasteiger partial charge in [0.05, 0.1) is 32.7 Å². The highest BCUT2D eigenvalue weighted by Crippen LogP contribution is 2.27. The van der Waals surface area contributed by atoms with Crippen LogP contribution in [0.5, 0.6) is 11.5 Å². The third-order valence-corrected chi connectivity index (χ3v) is 3.07. The minimum Gasteiger partial charge on any atom is -0.493 e. The van der Waals surface area contributed by atoms with Gasteiger partial charge in [0.15, 0.2) is 11.5 Å². The van der Waals surface area contributed by atoms with E-state index in [-0.39, 0.29) is 0 Å². The lowest BCUT2D eigenvalue weighted by Crippen LogP contribution is -2.21. The van der Waals surface area contributed by atoms with Crippen LogP contribution >= 0.6 is 0 Å². The highest BCUT2D eigenvalue weighted by molar-refractivity contribution is 5.42. The summed E-state index contributed by atoms with van der Waals surface area (Å²) in [5.74, 6) is 1.44. The Morgan fingerprint density at radius 3 is 2.62 bits per heavy atom. The number of ether oxygens (including phenoxy) is 2. The normalized spacial score (nSPS) is 10.9. The van der Waals surface area contributed by atoms with Gasteiger partial charge in [0, 0.05) is 12.6 Å². The van der Waals surface area contributed by atoms with E-state index in [2.05, 4.69) is 29.5 Å². The van der Waals surface area contributed by atoms with Crippen molar-refractivity contribution in [1.82, 2.24) is 20.3 Å². The Balaban J connectivity index is 2.04. The van der Waals surface area contributed by atoms with Crippen LogP contribution in [0.15, 0.2) is 24.4 Å². The molecule has 0 radical (unpaired) electrons. The molecule has 0 spiro atoms. The fraction of sp³-hybridized carbons (Fsp3) is 0.467. The Bertz CT molecular complexity index is 581. The van der Waals surface area contributed by atoms with E-state index in [4.69, 9.17) is 9.47 Å². The van der Waals surface area contributed by atoms with Gasteiger partial charge in [-0.05, 0) is 17.7 Å². The minimum atomic E-state index is 0.431. The molecule has 1 N–H and O–H groups in total. The topological polar surface area (TPSA) is 61.2 Å². The monoisotopic (exact) mass is 290 g/mol. The molecule has 0 aliphatic carbocycles. The van der Waals surface area contributed by atoms with Gasteiger partial charge in [-0.25, -0.2) is 4.68 Å². The summed E-state index contributed by atoms with van der Waals surface area (Å²) in [6.45, 7) is 5.58. The van der Waals surface area contributed by atoms with Crippen LogP contribution in [0.25, 0.3) is 0 Å². The summed E-state index contributed by atoms with van der Waals surface area (Å²) in [7, 11) is 3.26. The number of aromatic nitrogens is 3. The summed E-state index contributed by atoms with van der Waals surface area (Å²) in [6.07, 6.45) is 1.95. The lowest BCUT2D eigenvalue weighted by atomic mass is 10.2. The highest BCUT2D eigenvalue weighted by Gasteiger charge is 2.07. The lowest BCUT2D eigenvalue weighted by Gasteiger charge is -2.09. The zero-order valence-electron chi connectivity index (χ0n) is 13.0. The molecule has 0 saturated carbocycles. The molecule has 21 heavy (non-hydrogen) atoms. The van der Waals surface area contributed by atoms with Crippen LogP contribution in [0, 0.1) is 0 Å². The number of hydrogen-bond donors (Lipinski definition) is 1. The van der Waals surface area contributed by atoms with Crippen molar-refractivity contribution in [3.05, 3.63) is 35.7 Å². The van der Waals surface area contributed by atoms with Crippen molar-refractivity contribution in [2.75, 3.05) is 14.2 Å². The summed E-state index contributed by atoms with van der Waals surface area (Å²) < 4.78 is 12.4. The number of methoxy groups -OCH3 is 2. The Morgan fingerprint density at radius 2 is 1.95 bits per heavy atom. The SMILES string of the molecule is COc1ccc(Cn2cc(CNC(C)C)nn2)cc1OC. The maximum Gasteiger partial charge on any atom is 0.161 e. The van der Waals surface area contributed by atoms with Crippen LogP contribution in [0.2, 0.25) is 0 Å². The van der Waals surface area contributed by atoms with E-state index in [0.29, 0.717) is 12.6 Å². The van der Waals surface area contributed by atoms with Crippen LogP contribution in [0.4, 0.5) is 0 Å². The van der Waals surface area contributed by atoms with E-state index in [9.17, 15) is 0 Å². The van der Waals surface area contributed by atoms with Crippen LogP contribution in [-0.2, 0) is 13.1 Å². The number of benzene rings is 1. The van der Waals surface area contributed by atoms with E-state index in [1.165, 1.54) is 0 Å². The third kappa shape index (κ3) is 4.19. The quantitative estimate of drug-likeness (QED) is 0.843. The zero-order chi connectivity index (χ0) is 15.2. The van der Waals surface area contributed by atoms with Crippen LogP contribution < -0.4 is 14.8 Å². The Kier molecular flexibility index (Phi) is 5.16. The van der Waals surface area contributed by atoms with Crippen LogP contribution in [0.1, 0.15) is 25.1 Å². The summed E-state index contributed by atoms with van der Waals surface area (Å²) >= 11 is 0. The molecule has 1 aromatic carbocycles. The van der Waals surface area contributed by atoms with E-state index in [0.717, 1.165) is 29.3 Å². The Hall–Kier alpha value is -2.08. The predicted molar refractivity (Wildman–Crippen MR) is 80.6 cm³/mol. The van der Waals surface area contributed by atoms with Crippen LogP contribution in [-0.4, -0.2) is 35.3 Å². The third-order valence-electron chi connectivity index (χ3n) is 3.07. The van der Waals surface area contributed by atoms with Gasteiger partial charge in [0.1, 0.15) is 0 Å². The molecule has 114 valence electrons. The molecule has 0 fully saturated rings. The summed E-state index contributed by atoms with van der Waals surface area (Å²) in [5.41, 5.74) is 2.02. The van der Waals surface area contributed by atoms with Crippen molar-refractivity contribution in [3.63, 3.8) is 0 Å². The smallest absolute Gasteiger partial charge is 0.161 e. The molecular weight excluding hydrogens is 268 g/mol. The van der Waals surface area contributed by atoms with E-state index >= 15 is 0 Å². The zero-order valence-corrected chi connectivity index (χ0v) is 13.0.